The molecule has 0 heterocycles. The normalized spacial score (nSPS) is 22.2. The number of carbonyl (C=O) groups excluding carboxylic acids is 1. The van der Waals surface area contributed by atoms with Gasteiger partial charge < -0.3 is 15.4 Å². The fourth-order valence-electron chi connectivity index (χ4n) is 3.37. The van der Waals surface area contributed by atoms with Crippen LogP contribution in [0.1, 0.15) is 71.3 Å². The van der Waals surface area contributed by atoms with Gasteiger partial charge in [0, 0.05) is 12.1 Å². The smallest absolute Gasteiger partial charge is 0.407 e. The number of benzene rings is 1. The molecule has 1 fully saturated rings. The third-order valence-electron chi connectivity index (χ3n) is 4.83. The van der Waals surface area contributed by atoms with Crippen LogP contribution in [-0.4, -0.2) is 30.3 Å². The van der Waals surface area contributed by atoms with Crippen LogP contribution in [-0.2, 0) is 4.74 Å². The number of hydrogen-bond donors (Lipinski definition) is 2. The molecule has 25 heavy (non-hydrogen) atoms. The predicted molar refractivity (Wildman–Crippen MR) is 103 cm³/mol. The van der Waals surface area contributed by atoms with Crippen molar-refractivity contribution in [3.63, 3.8) is 0 Å². The summed E-state index contributed by atoms with van der Waals surface area (Å²) < 4.78 is 5.33. The van der Waals surface area contributed by atoms with E-state index in [0.717, 1.165) is 38.6 Å². The lowest BCUT2D eigenvalue weighted by Gasteiger charge is -2.31. The molecular weight excluding hydrogens is 312 g/mol. The fraction of sp³-hybridized carbons (Fsp3) is 0.667. The Labute approximate surface area is 152 Å². The highest BCUT2D eigenvalue weighted by molar-refractivity contribution is 5.68. The van der Waals surface area contributed by atoms with Crippen molar-refractivity contribution in [1.29, 1.82) is 0 Å². The van der Waals surface area contributed by atoms with E-state index in [-0.39, 0.29) is 12.1 Å². The molecule has 0 bridgehead atoms. The van der Waals surface area contributed by atoms with Crippen molar-refractivity contribution < 1.29 is 9.53 Å². The van der Waals surface area contributed by atoms with E-state index in [4.69, 9.17) is 4.74 Å². The van der Waals surface area contributed by atoms with Crippen LogP contribution in [0.5, 0.6) is 0 Å². The Bertz CT molecular complexity index is 516. The van der Waals surface area contributed by atoms with E-state index in [1.807, 2.05) is 20.8 Å². The molecule has 1 aromatic carbocycles. The molecule has 4 nitrogen and oxygen atoms in total. The van der Waals surface area contributed by atoms with E-state index in [1.165, 1.54) is 5.56 Å². The van der Waals surface area contributed by atoms with Crippen LogP contribution in [0.2, 0.25) is 0 Å². The molecule has 140 valence electrons. The third-order valence-corrected chi connectivity index (χ3v) is 4.83. The number of nitrogens with one attached hydrogen (secondary N) is 2. The number of alkyl carbamates (subject to hydrolysis) is 1. The van der Waals surface area contributed by atoms with Gasteiger partial charge >= 0.3 is 6.09 Å². The van der Waals surface area contributed by atoms with Crippen molar-refractivity contribution in [1.82, 2.24) is 10.6 Å². The van der Waals surface area contributed by atoms with Crippen molar-refractivity contribution in [2.45, 2.75) is 83.4 Å². The fourth-order valence-corrected chi connectivity index (χ4v) is 3.37. The summed E-state index contributed by atoms with van der Waals surface area (Å²) >= 11 is 0. The van der Waals surface area contributed by atoms with Gasteiger partial charge in [-0.15, -0.1) is 0 Å². The van der Waals surface area contributed by atoms with Gasteiger partial charge in [0.05, 0.1) is 0 Å². The number of amides is 1. The summed E-state index contributed by atoms with van der Waals surface area (Å²) in [6.07, 6.45) is 5.12. The highest BCUT2D eigenvalue weighted by Crippen LogP contribution is 2.21. The topological polar surface area (TPSA) is 50.4 Å². The van der Waals surface area contributed by atoms with Crippen LogP contribution in [0, 0.1) is 0 Å². The van der Waals surface area contributed by atoms with Gasteiger partial charge in [-0.3, -0.25) is 0 Å². The highest BCUT2D eigenvalue weighted by atomic mass is 16.6. The Morgan fingerprint density at radius 3 is 2.32 bits per heavy atom. The Kier molecular flexibility index (Phi) is 7.30. The minimum Gasteiger partial charge on any atom is -0.444 e. The van der Waals surface area contributed by atoms with Gasteiger partial charge in [0.1, 0.15) is 5.60 Å². The quantitative estimate of drug-likeness (QED) is 0.791. The number of rotatable bonds is 6. The largest absolute Gasteiger partial charge is 0.444 e. The maximum atomic E-state index is 11.8. The number of hydrogen-bond acceptors (Lipinski definition) is 3. The first-order chi connectivity index (χ1) is 11.8. The molecular formula is C21H34N2O2. The summed E-state index contributed by atoms with van der Waals surface area (Å²) in [7, 11) is 0. The van der Waals surface area contributed by atoms with Crippen LogP contribution >= 0.6 is 0 Å². The SMILES string of the molecule is CC(CCNC1CCC(NC(=O)OC(C)(C)C)CC1)c1ccccc1. The van der Waals surface area contributed by atoms with Gasteiger partial charge in [0.15, 0.2) is 0 Å². The maximum absolute atomic E-state index is 11.8. The van der Waals surface area contributed by atoms with Crippen LogP contribution < -0.4 is 10.6 Å². The summed E-state index contributed by atoms with van der Waals surface area (Å²) in [4.78, 5) is 11.8. The Morgan fingerprint density at radius 2 is 1.72 bits per heavy atom. The maximum Gasteiger partial charge on any atom is 0.407 e. The van der Waals surface area contributed by atoms with Crippen molar-refractivity contribution in [3.05, 3.63) is 35.9 Å². The molecule has 0 aliphatic heterocycles. The predicted octanol–water partition coefficient (Wildman–Crippen LogP) is 4.61. The Hall–Kier alpha value is -1.55. The first kappa shape index (κ1) is 19.8. The van der Waals surface area contributed by atoms with Crippen LogP contribution in [0.15, 0.2) is 30.3 Å². The van der Waals surface area contributed by atoms with Crippen LogP contribution in [0.4, 0.5) is 4.79 Å². The molecule has 2 rings (SSSR count). The van der Waals surface area contributed by atoms with E-state index in [2.05, 4.69) is 47.9 Å². The zero-order chi connectivity index (χ0) is 18.3. The molecule has 2 N–H and O–H groups in total. The van der Waals surface area contributed by atoms with Gasteiger partial charge in [0.2, 0.25) is 0 Å². The standard InChI is InChI=1S/C21H34N2O2/c1-16(17-8-6-5-7-9-17)14-15-22-18-10-12-19(13-11-18)23-20(24)25-21(2,3)4/h5-9,16,18-19,22H,10-15H2,1-4H3,(H,23,24). The minimum atomic E-state index is -0.432. The zero-order valence-electron chi connectivity index (χ0n) is 16.2. The molecule has 1 unspecified atom stereocenters. The lowest BCUT2D eigenvalue weighted by Crippen LogP contribution is -2.44. The molecule has 0 radical (unpaired) electrons. The third kappa shape index (κ3) is 7.47. The van der Waals surface area contributed by atoms with E-state index < -0.39 is 5.60 Å². The second kappa shape index (κ2) is 9.23. The van der Waals surface area contributed by atoms with Crippen molar-refractivity contribution in [3.8, 4) is 0 Å². The first-order valence-corrected chi connectivity index (χ1v) is 9.61. The summed E-state index contributed by atoms with van der Waals surface area (Å²) in [5, 5.41) is 6.69. The second-order valence-electron chi connectivity index (χ2n) is 8.25. The molecule has 4 heteroatoms. The van der Waals surface area contributed by atoms with Gasteiger partial charge in [-0.05, 0) is 70.9 Å². The summed E-state index contributed by atoms with van der Waals surface area (Å²) in [5.74, 6) is 0.582. The van der Waals surface area contributed by atoms with E-state index in [0.29, 0.717) is 12.0 Å². The van der Waals surface area contributed by atoms with Gasteiger partial charge in [-0.25, -0.2) is 4.79 Å². The molecule has 1 saturated carbocycles. The van der Waals surface area contributed by atoms with Crippen LogP contribution in [0.25, 0.3) is 0 Å². The van der Waals surface area contributed by atoms with E-state index in [1.54, 1.807) is 0 Å². The summed E-state index contributed by atoms with van der Waals surface area (Å²) in [5.41, 5.74) is 0.979. The van der Waals surface area contributed by atoms with E-state index >= 15 is 0 Å². The average molecular weight is 347 g/mol. The first-order valence-electron chi connectivity index (χ1n) is 9.61. The minimum absolute atomic E-state index is 0.246. The van der Waals surface area contributed by atoms with Gasteiger partial charge in [-0.2, -0.15) is 0 Å². The molecule has 0 saturated heterocycles. The average Bonchev–Trinajstić information content (AvgIpc) is 2.55. The zero-order valence-corrected chi connectivity index (χ0v) is 16.2. The lowest BCUT2D eigenvalue weighted by atomic mass is 9.91. The molecule has 0 aromatic heterocycles. The molecule has 1 atom stereocenters. The highest BCUT2D eigenvalue weighted by Gasteiger charge is 2.24. The van der Waals surface area contributed by atoms with Crippen molar-refractivity contribution in [2.24, 2.45) is 0 Å². The van der Waals surface area contributed by atoms with Crippen LogP contribution in [0.3, 0.4) is 0 Å². The molecule has 1 aliphatic carbocycles. The molecule has 1 aromatic rings. The number of ether oxygens (including phenoxy) is 1. The van der Waals surface area contributed by atoms with Crippen molar-refractivity contribution >= 4 is 6.09 Å². The monoisotopic (exact) mass is 346 g/mol. The Morgan fingerprint density at radius 1 is 1.12 bits per heavy atom. The van der Waals surface area contributed by atoms with E-state index in [9.17, 15) is 4.79 Å². The molecule has 1 aliphatic rings. The molecule has 0 spiro atoms. The van der Waals surface area contributed by atoms with Gasteiger partial charge in [0.25, 0.3) is 0 Å². The summed E-state index contributed by atoms with van der Waals surface area (Å²) in [6, 6.07) is 11.5. The summed E-state index contributed by atoms with van der Waals surface area (Å²) in [6.45, 7) is 9.01. The molecule has 1 amide bonds. The van der Waals surface area contributed by atoms with Crippen molar-refractivity contribution in [2.75, 3.05) is 6.54 Å². The Balaban J connectivity index is 1.61. The lowest BCUT2D eigenvalue weighted by molar-refractivity contribution is 0.0490. The van der Waals surface area contributed by atoms with Gasteiger partial charge in [-0.1, -0.05) is 37.3 Å². The second-order valence-corrected chi connectivity index (χ2v) is 8.25. The number of carbonyl (C=O) groups is 1.